The average molecular weight is 277 g/mol. The summed E-state index contributed by atoms with van der Waals surface area (Å²) in [5.41, 5.74) is 7.04. The lowest BCUT2D eigenvalue weighted by Crippen LogP contribution is -2.48. The number of piperazine rings is 1. The number of hydrogen-bond donors (Lipinski definition) is 1. The van der Waals surface area contributed by atoms with Gasteiger partial charge in [-0.1, -0.05) is 31.3 Å². The maximum atomic E-state index is 12.3. The molecule has 0 aliphatic carbocycles. The van der Waals surface area contributed by atoms with Crippen LogP contribution in [0.4, 0.5) is 0 Å². The SMILES string of the molecule is CCN1CCN(C(=O)c2ccc(C(N)=S)cc2)CC1. The minimum absolute atomic E-state index is 0.0882. The Morgan fingerprint density at radius 3 is 2.16 bits per heavy atom. The zero-order valence-electron chi connectivity index (χ0n) is 11.1. The third kappa shape index (κ3) is 3.30. The summed E-state index contributed by atoms with van der Waals surface area (Å²) in [5, 5.41) is 0. The fraction of sp³-hybridized carbons (Fsp3) is 0.429. The Morgan fingerprint density at radius 1 is 1.16 bits per heavy atom. The summed E-state index contributed by atoms with van der Waals surface area (Å²) in [6.07, 6.45) is 0. The van der Waals surface area contributed by atoms with E-state index in [0.717, 1.165) is 38.3 Å². The molecule has 102 valence electrons. The summed E-state index contributed by atoms with van der Waals surface area (Å²) >= 11 is 4.90. The van der Waals surface area contributed by atoms with E-state index >= 15 is 0 Å². The van der Waals surface area contributed by atoms with Gasteiger partial charge in [0.05, 0.1) is 0 Å². The predicted octanol–water partition coefficient (Wildman–Crippen LogP) is 1.10. The highest BCUT2D eigenvalue weighted by atomic mass is 32.1. The zero-order valence-corrected chi connectivity index (χ0v) is 11.9. The Kier molecular flexibility index (Phi) is 4.50. The van der Waals surface area contributed by atoms with Gasteiger partial charge >= 0.3 is 0 Å². The summed E-state index contributed by atoms with van der Waals surface area (Å²) in [6.45, 7) is 6.68. The maximum absolute atomic E-state index is 12.3. The first-order valence-electron chi connectivity index (χ1n) is 6.53. The molecular weight excluding hydrogens is 258 g/mol. The molecule has 0 aromatic heterocycles. The van der Waals surface area contributed by atoms with Gasteiger partial charge in [0.2, 0.25) is 0 Å². The fourth-order valence-electron chi connectivity index (χ4n) is 2.23. The molecule has 1 saturated heterocycles. The van der Waals surface area contributed by atoms with Crippen molar-refractivity contribution in [3.63, 3.8) is 0 Å². The van der Waals surface area contributed by atoms with Crippen molar-refractivity contribution in [2.24, 2.45) is 5.73 Å². The Morgan fingerprint density at radius 2 is 1.68 bits per heavy atom. The number of carbonyl (C=O) groups excluding carboxylic acids is 1. The lowest BCUT2D eigenvalue weighted by Gasteiger charge is -2.34. The number of nitrogens with zero attached hydrogens (tertiary/aromatic N) is 2. The standard InChI is InChI=1S/C14H19N3OS/c1-2-16-7-9-17(10-8-16)14(18)12-5-3-11(4-6-12)13(15)19/h3-6H,2,7-10H2,1H3,(H2,15,19). The Bertz CT molecular complexity index is 464. The molecule has 1 fully saturated rings. The van der Waals surface area contributed by atoms with Crippen LogP contribution >= 0.6 is 12.2 Å². The van der Waals surface area contributed by atoms with E-state index in [4.69, 9.17) is 18.0 Å². The van der Waals surface area contributed by atoms with Crippen molar-refractivity contribution in [2.75, 3.05) is 32.7 Å². The zero-order chi connectivity index (χ0) is 13.8. The molecule has 0 bridgehead atoms. The third-order valence-corrected chi connectivity index (χ3v) is 3.76. The second-order valence-corrected chi connectivity index (χ2v) is 5.11. The van der Waals surface area contributed by atoms with Crippen LogP contribution in [0, 0.1) is 0 Å². The van der Waals surface area contributed by atoms with Gasteiger partial charge < -0.3 is 15.5 Å². The van der Waals surface area contributed by atoms with Crippen LogP contribution in [0.5, 0.6) is 0 Å². The van der Waals surface area contributed by atoms with Crippen LogP contribution in [0.15, 0.2) is 24.3 Å². The van der Waals surface area contributed by atoms with E-state index in [9.17, 15) is 4.79 Å². The summed E-state index contributed by atoms with van der Waals surface area (Å²) < 4.78 is 0. The van der Waals surface area contributed by atoms with E-state index in [0.29, 0.717) is 10.6 Å². The number of benzene rings is 1. The highest BCUT2D eigenvalue weighted by Crippen LogP contribution is 2.10. The smallest absolute Gasteiger partial charge is 0.253 e. The monoisotopic (exact) mass is 277 g/mol. The van der Waals surface area contributed by atoms with E-state index in [1.807, 2.05) is 4.90 Å². The van der Waals surface area contributed by atoms with Gasteiger partial charge in [0, 0.05) is 37.3 Å². The Labute approximate surface area is 119 Å². The van der Waals surface area contributed by atoms with Crippen LogP contribution in [0.2, 0.25) is 0 Å². The second-order valence-electron chi connectivity index (χ2n) is 4.67. The Balaban J connectivity index is 2.02. The molecule has 0 atom stereocenters. The highest BCUT2D eigenvalue weighted by molar-refractivity contribution is 7.80. The van der Waals surface area contributed by atoms with Gasteiger partial charge in [0.25, 0.3) is 5.91 Å². The normalized spacial score (nSPS) is 16.4. The van der Waals surface area contributed by atoms with Crippen LogP contribution in [0.3, 0.4) is 0 Å². The summed E-state index contributed by atoms with van der Waals surface area (Å²) in [4.78, 5) is 16.9. The first kappa shape index (κ1) is 14.0. The molecule has 1 aliphatic rings. The average Bonchev–Trinajstić information content (AvgIpc) is 2.46. The number of thiocarbonyl (C=S) groups is 1. The van der Waals surface area contributed by atoms with E-state index in [-0.39, 0.29) is 5.91 Å². The second kappa shape index (κ2) is 6.12. The van der Waals surface area contributed by atoms with Crippen molar-refractivity contribution in [3.05, 3.63) is 35.4 Å². The van der Waals surface area contributed by atoms with Gasteiger partial charge in [-0.25, -0.2) is 0 Å². The molecule has 1 amide bonds. The van der Waals surface area contributed by atoms with Crippen molar-refractivity contribution in [3.8, 4) is 0 Å². The van der Waals surface area contributed by atoms with E-state index in [1.54, 1.807) is 24.3 Å². The van der Waals surface area contributed by atoms with Crippen molar-refractivity contribution in [2.45, 2.75) is 6.92 Å². The molecule has 4 nitrogen and oxygen atoms in total. The van der Waals surface area contributed by atoms with Crippen LogP contribution in [-0.2, 0) is 0 Å². The number of likely N-dealkylation sites (N-methyl/N-ethyl adjacent to an activating group) is 1. The van der Waals surface area contributed by atoms with Crippen molar-refractivity contribution in [1.82, 2.24) is 9.80 Å². The molecule has 0 unspecified atom stereocenters. The van der Waals surface area contributed by atoms with E-state index in [2.05, 4.69) is 11.8 Å². The number of amides is 1. The van der Waals surface area contributed by atoms with E-state index < -0.39 is 0 Å². The fourth-order valence-corrected chi connectivity index (χ4v) is 2.36. The van der Waals surface area contributed by atoms with Crippen molar-refractivity contribution < 1.29 is 4.79 Å². The molecule has 0 spiro atoms. The predicted molar refractivity (Wildman–Crippen MR) is 80.3 cm³/mol. The highest BCUT2D eigenvalue weighted by Gasteiger charge is 2.21. The number of carbonyl (C=O) groups is 1. The molecule has 1 aliphatic heterocycles. The topological polar surface area (TPSA) is 49.6 Å². The number of rotatable bonds is 3. The lowest BCUT2D eigenvalue weighted by molar-refractivity contribution is 0.0643. The molecule has 1 aromatic rings. The molecule has 5 heteroatoms. The van der Waals surface area contributed by atoms with Crippen LogP contribution in [-0.4, -0.2) is 53.4 Å². The quantitative estimate of drug-likeness (QED) is 0.841. The van der Waals surface area contributed by atoms with E-state index in [1.165, 1.54) is 0 Å². The van der Waals surface area contributed by atoms with Crippen LogP contribution in [0.25, 0.3) is 0 Å². The van der Waals surface area contributed by atoms with Gasteiger partial charge in [0.1, 0.15) is 4.99 Å². The summed E-state index contributed by atoms with van der Waals surface area (Å²) in [5.74, 6) is 0.0882. The molecule has 1 heterocycles. The van der Waals surface area contributed by atoms with Crippen molar-refractivity contribution in [1.29, 1.82) is 0 Å². The first-order chi connectivity index (χ1) is 9.11. The van der Waals surface area contributed by atoms with Gasteiger partial charge in [-0.2, -0.15) is 0 Å². The van der Waals surface area contributed by atoms with Gasteiger partial charge in [-0.15, -0.1) is 0 Å². The van der Waals surface area contributed by atoms with Gasteiger partial charge in [0.15, 0.2) is 0 Å². The number of nitrogens with two attached hydrogens (primary N) is 1. The maximum Gasteiger partial charge on any atom is 0.253 e. The molecule has 0 radical (unpaired) electrons. The largest absolute Gasteiger partial charge is 0.389 e. The minimum atomic E-state index is 0.0882. The third-order valence-electron chi connectivity index (χ3n) is 3.52. The summed E-state index contributed by atoms with van der Waals surface area (Å²) in [6, 6.07) is 7.20. The van der Waals surface area contributed by atoms with Gasteiger partial charge in [-0.05, 0) is 18.7 Å². The number of hydrogen-bond acceptors (Lipinski definition) is 3. The lowest BCUT2D eigenvalue weighted by atomic mass is 10.1. The van der Waals surface area contributed by atoms with Gasteiger partial charge in [-0.3, -0.25) is 4.79 Å². The Hall–Kier alpha value is -1.46. The molecule has 1 aromatic carbocycles. The molecule has 0 saturated carbocycles. The summed E-state index contributed by atoms with van der Waals surface area (Å²) in [7, 11) is 0. The molecule has 2 N–H and O–H groups in total. The van der Waals surface area contributed by atoms with Crippen molar-refractivity contribution >= 4 is 23.1 Å². The molecule has 19 heavy (non-hydrogen) atoms. The first-order valence-corrected chi connectivity index (χ1v) is 6.94. The van der Waals surface area contributed by atoms with Crippen LogP contribution < -0.4 is 5.73 Å². The van der Waals surface area contributed by atoms with Crippen LogP contribution in [0.1, 0.15) is 22.8 Å². The molecular formula is C14H19N3OS. The minimum Gasteiger partial charge on any atom is -0.389 e. The molecule has 2 rings (SSSR count).